The summed E-state index contributed by atoms with van der Waals surface area (Å²) in [5, 5.41) is 4.72. The first-order chi connectivity index (χ1) is 16.5. The summed E-state index contributed by atoms with van der Waals surface area (Å²) in [5.41, 5.74) is 2.93. The zero-order valence-electron chi connectivity index (χ0n) is 19.2. The van der Waals surface area contributed by atoms with E-state index in [2.05, 4.69) is 10.00 Å². The maximum absolute atomic E-state index is 15.1. The van der Waals surface area contributed by atoms with Gasteiger partial charge in [-0.05, 0) is 37.1 Å². The largest absolute Gasteiger partial charge is 0.370 e. The molecule has 3 aromatic heterocycles. The van der Waals surface area contributed by atoms with Gasteiger partial charge in [-0.1, -0.05) is 6.07 Å². The monoisotopic (exact) mass is 460 g/mol. The van der Waals surface area contributed by atoms with Crippen LogP contribution in [-0.2, 0) is 24.8 Å². The molecule has 4 aromatic rings. The van der Waals surface area contributed by atoms with E-state index >= 15 is 4.39 Å². The molecule has 34 heavy (non-hydrogen) atoms. The zero-order chi connectivity index (χ0) is 23.4. The first-order valence-electron chi connectivity index (χ1n) is 11.5. The standard InChI is InChI=1S/C25H25FN6O2/c1-15-5-6-17(19(26)10-15)23-24-18(25(33)32-7-3-4-21(32)28-24)11-22(29-23)31-8-9-34-20(14-31)16-12-27-30(2)13-16/h5-6,10-13,20H,3-4,7-9,14H2,1-2H3/t20-/m1/s1. The topological polar surface area (TPSA) is 78.1 Å². The molecule has 0 saturated carbocycles. The Hall–Kier alpha value is -3.59. The van der Waals surface area contributed by atoms with E-state index in [0.29, 0.717) is 54.2 Å². The summed E-state index contributed by atoms with van der Waals surface area (Å²) >= 11 is 0. The van der Waals surface area contributed by atoms with Crippen molar-refractivity contribution in [2.24, 2.45) is 7.05 Å². The molecule has 5 heterocycles. The van der Waals surface area contributed by atoms with E-state index in [9.17, 15) is 4.79 Å². The summed E-state index contributed by atoms with van der Waals surface area (Å²) in [5.74, 6) is 0.990. The summed E-state index contributed by atoms with van der Waals surface area (Å²) in [7, 11) is 1.87. The molecule has 9 heteroatoms. The number of morpholine rings is 1. The van der Waals surface area contributed by atoms with Crippen LogP contribution in [0.4, 0.5) is 10.2 Å². The second kappa shape index (κ2) is 8.02. The molecular weight excluding hydrogens is 435 g/mol. The summed E-state index contributed by atoms with van der Waals surface area (Å²) < 4.78 is 24.6. The van der Waals surface area contributed by atoms with Gasteiger partial charge in [-0.2, -0.15) is 5.10 Å². The Bertz CT molecular complexity index is 1480. The molecule has 174 valence electrons. The number of nitrogens with zero attached hydrogens (tertiary/aromatic N) is 6. The average molecular weight is 461 g/mol. The molecule has 0 unspecified atom stereocenters. The second-order valence-electron chi connectivity index (χ2n) is 9.05. The molecule has 0 radical (unpaired) electrons. The van der Waals surface area contributed by atoms with Crippen LogP contribution >= 0.6 is 0 Å². The minimum atomic E-state index is -0.372. The molecule has 2 aliphatic rings. The molecule has 1 saturated heterocycles. The van der Waals surface area contributed by atoms with Gasteiger partial charge in [0.1, 0.15) is 34.8 Å². The van der Waals surface area contributed by atoms with Gasteiger partial charge in [0.05, 0.1) is 18.2 Å². The van der Waals surface area contributed by atoms with Crippen molar-refractivity contribution in [3.05, 3.63) is 69.8 Å². The second-order valence-corrected chi connectivity index (χ2v) is 9.05. The highest BCUT2D eigenvalue weighted by Gasteiger charge is 2.27. The summed E-state index contributed by atoms with van der Waals surface area (Å²) in [6, 6.07) is 6.87. The molecule has 0 bridgehead atoms. The van der Waals surface area contributed by atoms with Crippen molar-refractivity contribution in [3.63, 3.8) is 0 Å². The van der Waals surface area contributed by atoms with Gasteiger partial charge in [-0.15, -0.1) is 0 Å². The average Bonchev–Trinajstić information content (AvgIpc) is 3.48. The number of ether oxygens (including phenoxy) is 1. The molecule has 0 N–H and O–H groups in total. The maximum Gasteiger partial charge on any atom is 0.261 e. The highest BCUT2D eigenvalue weighted by molar-refractivity contribution is 5.93. The van der Waals surface area contributed by atoms with Crippen molar-refractivity contribution in [2.45, 2.75) is 32.4 Å². The minimum Gasteiger partial charge on any atom is -0.370 e. The number of aryl methyl sites for hydroxylation is 3. The molecule has 0 spiro atoms. The van der Waals surface area contributed by atoms with Crippen LogP contribution in [-0.4, -0.2) is 44.0 Å². The summed E-state index contributed by atoms with van der Waals surface area (Å²) in [4.78, 5) is 25.2. The first-order valence-corrected chi connectivity index (χ1v) is 11.5. The van der Waals surface area contributed by atoms with Crippen LogP contribution in [0.25, 0.3) is 22.2 Å². The number of anilines is 1. The Morgan fingerprint density at radius 2 is 2.06 bits per heavy atom. The van der Waals surface area contributed by atoms with E-state index in [4.69, 9.17) is 14.7 Å². The van der Waals surface area contributed by atoms with Gasteiger partial charge in [0, 0.05) is 50.4 Å². The van der Waals surface area contributed by atoms with Gasteiger partial charge in [0.15, 0.2) is 0 Å². The SMILES string of the molecule is Cc1ccc(-c2nc(N3CCO[C@@H](c4cnn(C)c4)C3)cc3c(=O)n4c(nc23)CCC4)c(F)c1. The van der Waals surface area contributed by atoms with Gasteiger partial charge in [0.2, 0.25) is 0 Å². The van der Waals surface area contributed by atoms with Gasteiger partial charge in [0.25, 0.3) is 5.56 Å². The fraction of sp³-hybridized carbons (Fsp3) is 0.360. The Balaban J connectivity index is 1.52. The molecule has 1 aromatic carbocycles. The van der Waals surface area contributed by atoms with Crippen LogP contribution in [0.5, 0.6) is 0 Å². The quantitative estimate of drug-likeness (QED) is 0.467. The predicted octanol–water partition coefficient (Wildman–Crippen LogP) is 3.16. The molecule has 0 amide bonds. The fourth-order valence-corrected chi connectivity index (χ4v) is 4.90. The molecule has 8 nitrogen and oxygen atoms in total. The highest BCUT2D eigenvalue weighted by Crippen LogP contribution is 2.33. The summed E-state index contributed by atoms with van der Waals surface area (Å²) in [6.45, 7) is 4.18. The lowest BCUT2D eigenvalue weighted by Crippen LogP contribution is -2.39. The highest BCUT2D eigenvalue weighted by atomic mass is 19.1. The number of aromatic nitrogens is 5. The van der Waals surface area contributed by atoms with Gasteiger partial charge in [-0.3, -0.25) is 14.0 Å². The van der Waals surface area contributed by atoms with E-state index in [0.717, 1.165) is 29.8 Å². The van der Waals surface area contributed by atoms with Crippen molar-refractivity contribution < 1.29 is 9.13 Å². The molecule has 1 fully saturated rings. The van der Waals surface area contributed by atoms with Crippen molar-refractivity contribution >= 4 is 16.7 Å². The number of pyridine rings is 1. The van der Waals surface area contributed by atoms with E-state index in [1.165, 1.54) is 6.07 Å². The molecular formula is C25H25FN6O2. The van der Waals surface area contributed by atoms with E-state index in [1.807, 2.05) is 26.2 Å². The van der Waals surface area contributed by atoms with Gasteiger partial charge < -0.3 is 9.64 Å². The minimum absolute atomic E-state index is 0.0908. The Morgan fingerprint density at radius 3 is 2.85 bits per heavy atom. The third-order valence-electron chi connectivity index (χ3n) is 6.66. The number of benzene rings is 1. The number of hydrogen-bond donors (Lipinski definition) is 0. The van der Waals surface area contributed by atoms with Crippen molar-refractivity contribution in [1.29, 1.82) is 0 Å². The molecule has 1 atom stereocenters. The van der Waals surface area contributed by atoms with E-state index in [1.54, 1.807) is 27.6 Å². The molecule has 6 rings (SSSR count). The van der Waals surface area contributed by atoms with Crippen LogP contribution in [0.2, 0.25) is 0 Å². The van der Waals surface area contributed by atoms with E-state index < -0.39 is 0 Å². The zero-order valence-corrected chi connectivity index (χ0v) is 19.2. The van der Waals surface area contributed by atoms with Crippen LogP contribution in [0.3, 0.4) is 0 Å². The Kier molecular flexibility index (Phi) is 4.95. The predicted molar refractivity (Wildman–Crippen MR) is 126 cm³/mol. The van der Waals surface area contributed by atoms with Gasteiger partial charge in [-0.25, -0.2) is 14.4 Å². The summed E-state index contributed by atoms with van der Waals surface area (Å²) in [6.07, 6.45) is 5.19. The number of fused-ring (bicyclic) bond motifs is 2. The third kappa shape index (κ3) is 3.47. The lowest BCUT2D eigenvalue weighted by Gasteiger charge is -2.33. The third-order valence-corrected chi connectivity index (χ3v) is 6.66. The molecule has 0 aliphatic carbocycles. The lowest BCUT2D eigenvalue weighted by atomic mass is 10.1. The van der Waals surface area contributed by atoms with E-state index in [-0.39, 0.29) is 17.5 Å². The Morgan fingerprint density at radius 1 is 1.18 bits per heavy atom. The lowest BCUT2D eigenvalue weighted by molar-refractivity contribution is 0.0395. The van der Waals surface area contributed by atoms with Crippen LogP contribution < -0.4 is 10.5 Å². The van der Waals surface area contributed by atoms with Crippen LogP contribution in [0.1, 0.15) is 29.5 Å². The number of rotatable bonds is 3. The fourth-order valence-electron chi connectivity index (χ4n) is 4.90. The maximum atomic E-state index is 15.1. The van der Waals surface area contributed by atoms with Gasteiger partial charge >= 0.3 is 0 Å². The van der Waals surface area contributed by atoms with Crippen LogP contribution in [0.15, 0.2) is 41.5 Å². The number of halogens is 1. The Labute approximate surface area is 195 Å². The van der Waals surface area contributed by atoms with Crippen LogP contribution in [0, 0.1) is 12.7 Å². The van der Waals surface area contributed by atoms with Crippen molar-refractivity contribution in [2.75, 3.05) is 24.6 Å². The van der Waals surface area contributed by atoms with Crippen molar-refractivity contribution in [1.82, 2.24) is 24.3 Å². The van der Waals surface area contributed by atoms with Crippen molar-refractivity contribution in [3.8, 4) is 11.3 Å². The smallest absolute Gasteiger partial charge is 0.261 e. The first kappa shape index (κ1) is 21.0. The molecule has 2 aliphatic heterocycles. The normalized spacial score (nSPS) is 18.0. The number of hydrogen-bond acceptors (Lipinski definition) is 6.